The summed E-state index contributed by atoms with van der Waals surface area (Å²) in [6.45, 7) is 8.19. The molecule has 0 N–H and O–H groups in total. The molecule has 0 saturated heterocycles. The van der Waals surface area contributed by atoms with Crippen LogP contribution in [-0.2, 0) is 17.7 Å². The molecule has 0 aliphatic carbocycles. The summed E-state index contributed by atoms with van der Waals surface area (Å²) in [5, 5.41) is 0. The molecule has 0 atom stereocenters. The maximum absolute atomic E-state index is 5.72. The van der Waals surface area contributed by atoms with Crippen molar-refractivity contribution in [2.24, 2.45) is 0 Å². The molecule has 0 aliphatic heterocycles. The van der Waals surface area contributed by atoms with E-state index in [1.54, 1.807) is 14.2 Å². The summed E-state index contributed by atoms with van der Waals surface area (Å²) in [5.41, 5.74) is 0. The summed E-state index contributed by atoms with van der Waals surface area (Å²) in [6.07, 6.45) is 2.74. The van der Waals surface area contributed by atoms with Crippen molar-refractivity contribution in [1.82, 2.24) is 0 Å². The Kier molecular flexibility index (Phi) is 11.3. The van der Waals surface area contributed by atoms with E-state index in [1.807, 2.05) is 27.7 Å². The van der Waals surface area contributed by atoms with Crippen molar-refractivity contribution in [2.45, 2.75) is 64.8 Å². The normalized spacial score (nSPS) is 12.3. The second-order valence-electron chi connectivity index (χ2n) is 4.69. The Balaban J connectivity index is 3.68. The third kappa shape index (κ3) is 10.2. The van der Waals surface area contributed by atoms with Crippen LogP contribution in [0.1, 0.15) is 40.5 Å². The molecule has 0 unspecified atom stereocenters. The third-order valence-electron chi connectivity index (χ3n) is 2.20. The molecule has 18 heavy (non-hydrogen) atoms. The Labute approximate surface area is 116 Å². The van der Waals surface area contributed by atoms with Crippen LogP contribution < -0.4 is 0 Å². The van der Waals surface area contributed by atoms with Crippen LogP contribution in [0.4, 0.5) is 0 Å². The Morgan fingerprint density at radius 1 is 0.722 bits per heavy atom. The van der Waals surface area contributed by atoms with Gasteiger partial charge >= 0.3 is 18.6 Å². The van der Waals surface area contributed by atoms with E-state index in [0.29, 0.717) is 0 Å². The van der Waals surface area contributed by atoms with Crippen molar-refractivity contribution in [2.75, 3.05) is 14.2 Å². The van der Waals surface area contributed by atoms with Crippen LogP contribution in [0.2, 0.25) is 12.1 Å². The predicted molar refractivity (Wildman–Crippen MR) is 76.8 cm³/mol. The fraction of sp³-hybridized carbons (Fsp3) is 1.00. The van der Waals surface area contributed by atoms with Gasteiger partial charge in [-0.3, -0.25) is 0 Å². The largest absolute Gasteiger partial charge is 0.397 e. The lowest BCUT2D eigenvalue weighted by Crippen LogP contribution is -2.26. The lowest BCUT2D eigenvalue weighted by Gasteiger charge is -2.17. The van der Waals surface area contributed by atoms with Crippen LogP contribution in [0.3, 0.4) is 0 Å². The van der Waals surface area contributed by atoms with E-state index in [1.165, 1.54) is 0 Å². The number of rotatable bonds is 11. The fourth-order valence-electron chi connectivity index (χ4n) is 1.48. The summed E-state index contributed by atoms with van der Waals surface area (Å²) in [5.74, 6) is 0. The molecule has 0 aromatic heterocycles. The summed E-state index contributed by atoms with van der Waals surface area (Å²) in [6, 6.07) is 2.06. The van der Waals surface area contributed by atoms with Crippen molar-refractivity contribution >= 4 is 18.6 Å². The van der Waals surface area contributed by atoms with E-state index in [2.05, 4.69) is 0 Å². The minimum atomic E-state index is -1.08. The Morgan fingerprint density at radius 3 is 1.28 bits per heavy atom. The van der Waals surface area contributed by atoms with Gasteiger partial charge in [-0.25, -0.2) is 0 Å². The number of hydrogen-bond acceptors (Lipinski definition) is 4. The highest BCUT2D eigenvalue weighted by atomic mass is 28.3. The van der Waals surface area contributed by atoms with Gasteiger partial charge in [0.1, 0.15) is 0 Å². The maximum Gasteiger partial charge on any atom is 0.384 e. The first-order valence-electron chi connectivity index (χ1n) is 6.62. The molecule has 0 aromatic rings. The zero-order chi connectivity index (χ0) is 14.0. The zero-order valence-corrected chi connectivity index (χ0v) is 14.6. The van der Waals surface area contributed by atoms with E-state index in [0.717, 1.165) is 24.9 Å². The summed E-state index contributed by atoms with van der Waals surface area (Å²) >= 11 is 0. The van der Waals surface area contributed by atoms with Gasteiger partial charge in [-0.1, -0.05) is 12.8 Å². The van der Waals surface area contributed by atoms with Gasteiger partial charge < -0.3 is 17.7 Å². The van der Waals surface area contributed by atoms with Gasteiger partial charge in [0.05, 0.1) is 0 Å². The molecule has 108 valence electrons. The van der Waals surface area contributed by atoms with Gasteiger partial charge in [-0.15, -0.1) is 0 Å². The van der Waals surface area contributed by atoms with Crippen LogP contribution >= 0.6 is 0 Å². The number of unbranched alkanes of at least 4 members (excludes halogenated alkanes) is 1. The molecule has 6 heteroatoms. The van der Waals surface area contributed by atoms with Crippen LogP contribution in [-0.4, -0.2) is 45.0 Å². The predicted octanol–water partition coefficient (Wildman–Crippen LogP) is 2.89. The summed E-state index contributed by atoms with van der Waals surface area (Å²) in [4.78, 5) is 0. The van der Waals surface area contributed by atoms with Crippen molar-refractivity contribution < 1.29 is 17.7 Å². The van der Waals surface area contributed by atoms with Crippen molar-refractivity contribution in [3.8, 4) is 0 Å². The molecule has 0 spiro atoms. The highest BCUT2D eigenvalue weighted by Gasteiger charge is 2.18. The minimum Gasteiger partial charge on any atom is -0.397 e. The van der Waals surface area contributed by atoms with Gasteiger partial charge in [0.15, 0.2) is 0 Å². The lowest BCUT2D eigenvalue weighted by atomic mass is 10.4. The topological polar surface area (TPSA) is 36.9 Å². The molecule has 4 nitrogen and oxygen atoms in total. The minimum absolute atomic E-state index is 0.252. The van der Waals surface area contributed by atoms with Crippen molar-refractivity contribution in [3.05, 3.63) is 0 Å². The molecule has 0 aliphatic rings. The maximum atomic E-state index is 5.72. The van der Waals surface area contributed by atoms with Crippen molar-refractivity contribution in [1.29, 1.82) is 0 Å². The molecule has 0 saturated carbocycles. The molecule has 0 rings (SSSR count). The van der Waals surface area contributed by atoms with E-state index < -0.39 is 18.6 Å². The third-order valence-corrected chi connectivity index (χ3v) is 6.10. The van der Waals surface area contributed by atoms with E-state index in [4.69, 9.17) is 17.7 Å². The standard InChI is InChI=1S/C12H28O4Si2/c1-11(2)15-17(13-5)9-7-8-10-18(14-6)16-12(3)4/h11-12H,7-10H2,1-6H3. The van der Waals surface area contributed by atoms with Crippen LogP contribution in [0.5, 0.6) is 0 Å². The van der Waals surface area contributed by atoms with Gasteiger partial charge in [0.2, 0.25) is 0 Å². The SMILES string of the molecule is CO[Si](CCCC[Si](OC)OC(C)C)OC(C)C. The molecule has 2 radical (unpaired) electrons. The fourth-order valence-corrected chi connectivity index (χ4v) is 4.45. The first kappa shape index (κ1) is 18.3. The van der Waals surface area contributed by atoms with Crippen molar-refractivity contribution in [3.63, 3.8) is 0 Å². The molecule has 0 heterocycles. The number of hydrogen-bond donors (Lipinski definition) is 0. The second-order valence-corrected chi connectivity index (χ2v) is 8.47. The molecule has 0 aromatic carbocycles. The second kappa shape index (κ2) is 11.1. The van der Waals surface area contributed by atoms with Gasteiger partial charge in [-0.2, -0.15) is 0 Å². The van der Waals surface area contributed by atoms with Crippen LogP contribution in [0.15, 0.2) is 0 Å². The first-order valence-corrected chi connectivity index (χ1v) is 9.67. The molecule has 0 bridgehead atoms. The van der Waals surface area contributed by atoms with Crippen LogP contribution in [0, 0.1) is 0 Å². The monoisotopic (exact) mass is 292 g/mol. The van der Waals surface area contributed by atoms with Gasteiger partial charge in [0, 0.05) is 26.4 Å². The molecule has 0 fully saturated rings. The highest BCUT2D eigenvalue weighted by molar-refractivity contribution is 6.45. The van der Waals surface area contributed by atoms with Gasteiger partial charge in [0.25, 0.3) is 0 Å². The molecular formula is C12H28O4Si2. The average molecular weight is 293 g/mol. The first-order chi connectivity index (χ1) is 8.49. The summed E-state index contributed by atoms with van der Waals surface area (Å²) < 4.78 is 22.2. The smallest absolute Gasteiger partial charge is 0.384 e. The van der Waals surface area contributed by atoms with E-state index in [9.17, 15) is 0 Å². The highest BCUT2D eigenvalue weighted by Crippen LogP contribution is 2.11. The van der Waals surface area contributed by atoms with Gasteiger partial charge in [-0.05, 0) is 39.8 Å². The van der Waals surface area contributed by atoms with E-state index >= 15 is 0 Å². The Bertz CT molecular complexity index is 171. The molecule has 0 amide bonds. The lowest BCUT2D eigenvalue weighted by molar-refractivity contribution is 0.175. The Morgan fingerprint density at radius 2 is 1.06 bits per heavy atom. The Hall–Kier alpha value is 0.274. The molecular weight excluding hydrogens is 264 g/mol. The van der Waals surface area contributed by atoms with E-state index in [-0.39, 0.29) is 12.2 Å². The average Bonchev–Trinajstić information content (AvgIpc) is 2.30. The van der Waals surface area contributed by atoms with Crippen LogP contribution in [0.25, 0.3) is 0 Å². The summed E-state index contributed by atoms with van der Waals surface area (Å²) in [7, 11) is 1.32. The quantitative estimate of drug-likeness (QED) is 0.433. The zero-order valence-electron chi connectivity index (χ0n) is 12.6.